The van der Waals surface area contributed by atoms with Crippen LogP contribution in [0.25, 0.3) is 0 Å². The van der Waals surface area contributed by atoms with E-state index in [1.165, 1.54) is 13.2 Å². The highest BCUT2D eigenvalue weighted by atomic mass is 16.5. The van der Waals surface area contributed by atoms with Gasteiger partial charge in [0.1, 0.15) is 11.3 Å². The number of hydrogen-bond donors (Lipinski definition) is 1. The number of carbonyl (C=O) groups excluding carboxylic acids is 2. The van der Waals surface area contributed by atoms with Crippen LogP contribution < -0.4 is 15.6 Å². The van der Waals surface area contributed by atoms with E-state index >= 15 is 0 Å². The summed E-state index contributed by atoms with van der Waals surface area (Å²) >= 11 is 0. The van der Waals surface area contributed by atoms with Gasteiger partial charge < -0.3 is 19.5 Å². The summed E-state index contributed by atoms with van der Waals surface area (Å²) in [6.45, 7) is 5.74. The number of amides is 2. The summed E-state index contributed by atoms with van der Waals surface area (Å²) < 4.78 is 6.95. The third-order valence-corrected chi connectivity index (χ3v) is 5.61. The van der Waals surface area contributed by atoms with E-state index in [9.17, 15) is 14.4 Å². The molecule has 2 amide bonds. The fourth-order valence-corrected chi connectivity index (χ4v) is 3.85. The number of carbonyl (C=O) groups is 2. The zero-order valence-electron chi connectivity index (χ0n) is 18.8. The molecule has 168 valence electrons. The highest BCUT2D eigenvalue weighted by molar-refractivity contribution is 5.98. The summed E-state index contributed by atoms with van der Waals surface area (Å²) in [4.78, 5) is 40.5. The van der Waals surface area contributed by atoms with Crippen LogP contribution in [-0.4, -0.2) is 48.0 Å². The van der Waals surface area contributed by atoms with Gasteiger partial charge in [-0.15, -0.1) is 6.42 Å². The molecular weight excluding hydrogens is 406 g/mol. The quantitative estimate of drug-likeness (QED) is 0.706. The van der Waals surface area contributed by atoms with Crippen molar-refractivity contribution < 1.29 is 14.3 Å². The van der Waals surface area contributed by atoms with Crippen LogP contribution in [0.2, 0.25) is 0 Å². The van der Waals surface area contributed by atoms with Crippen LogP contribution in [0.3, 0.4) is 0 Å². The Hall–Kier alpha value is -3.53. The number of pyridine rings is 1. The Kier molecular flexibility index (Phi) is 7.37. The molecule has 0 aliphatic carbocycles. The van der Waals surface area contributed by atoms with E-state index < -0.39 is 0 Å². The molecule has 1 N–H and O–H groups in total. The molecule has 0 radical (unpaired) electrons. The van der Waals surface area contributed by atoms with Crippen LogP contribution in [0.5, 0.6) is 5.75 Å². The summed E-state index contributed by atoms with van der Waals surface area (Å²) in [6.07, 6.45) is 6.67. The Labute approximate surface area is 188 Å². The van der Waals surface area contributed by atoms with Gasteiger partial charge >= 0.3 is 0 Å². The number of hydrogen-bond acceptors (Lipinski definition) is 4. The van der Waals surface area contributed by atoms with Gasteiger partial charge in [0.2, 0.25) is 0 Å². The number of fused-ring (bicyclic) bond motifs is 1. The van der Waals surface area contributed by atoms with Crippen molar-refractivity contribution in [3.63, 3.8) is 0 Å². The highest BCUT2D eigenvalue weighted by Gasteiger charge is 2.27. The number of benzene rings is 1. The molecule has 0 saturated heterocycles. The number of nitrogens with one attached hydrogen (secondary N) is 1. The molecule has 1 aromatic carbocycles. The topological polar surface area (TPSA) is 80.6 Å². The van der Waals surface area contributed by atoms with Crippen molar-refractivity contribution in [1.29, 1.82) is 0 Å². The smallest absolute Gasteiger partial charge is 0.256 e. The molecule has 7 heteroatoms. The second kappa shape index (κ2) is 10.2. The zero-order chi connectivity index (χ0) is 23.3. The molecule has 7 nitrogen and oxygen atoms in total. The molecule has 0 saturated carbocycles. The summed E-state index contributed by atoms with van der Waals surface area (Å²) in [7, 11) is 1.45. The monoisotopic (exact) mass is 435 g/mol. The largest absolute Gasteiger partial charge is 0.496 e. The fourth-order valence-electron chi connectivity index (χ4n) is 3.85. The van der Waals surface area contributed by atoms with E-state index in [0.717, 1.165) is 6.42 Å². The zero-order valence-corrected chi connectivity index (χ0v) is 18.8. The van der Waals surface area contributed by atoms with Crippen molar-refractivity contribution in [3.8, 4) is 18.1 Å². The van der Waals surface area contributed by atoms with Gasteiger partial charge in [-0.25, -0.2) is 0 Å². The lowest BCUT2D eigenvalue weighted by molar-refractivity contribution is 0.0759. The number of ether oxygens (including phenoxy) is 1. The van der Waals surface area contributed by atoms with Crippen molar-refractivity contribution in [1.82, 2.24) is 14.8 Å². The molecule has 1 aromatic heterocycles. The molecule has 1 aliphatic rings. The minimum Gasteiger partial charge on any atom is -0.496 e. The minimum absolute atomic E-state index is 0.155. The Morgan fingerprint density at radius 1 is 1.22 bits per heavy atom. The lowest BCUT2D eigenvalue weighted by atomic mass is 10.1. The fraction of sp³-hybridized carbons (Fsp3) is 0.400. The van der Waals surface area contributed by atoms with Crippen molar-refractivity contribution in [2.75, 3.05) is 26.7 Å². The van der Waals surface area contributed by atoms with Crippen LogP contribution in [0.1, 0.15) is 52.2 Å². The maximum absolute atomic E-state index is 13.1. The van der Waals surface area contributed by atoms with Gasteiger partial charge in [0.05, 0.1) is 7.11 Å². The van der Waals surface area contributed by atoms with Crippen LogP contribution in [0.4, 0.5) is 0 Å². The summed E-state index contributed by atoms with van der Waals surface area (Å²) in [5.41, 5.74) is 1.83. The number of methoxy groups -OCH3 is 1. The molecule has 0 spiro atoms. The average Bonchev–Trinajstić information content (AvgIpc) is 3.01. The predicted octanol–water partition coefficient (Wildman–Crippen LogP) is 2.31. The molecule has 0 atom stereocenters. The molecule has 2 heterocycles. The van der Waals surface area contributed by atoms with Crippen LogP contribution in [0, 0.1) is 18.3 Å². The molecule has 0 bridgehead atoms. The first-order chi connectivity index (χ1) is 15.3. The standard InChI is InChI=1S/C25H29N3O4/c1-5-18-7-6-8-19(15-18)25(31)27-12-10-20-23(24(30)26-11-9-17(2)3)21(32-4)16-22(29)28(20)14-13-27/h1,6-8,15-17H,9-14H2,2-4H3,(H,26,30). The SMILES string of the molecule is C#Cc1cccc(C(=O)N2CCc3c(C(=O)NCCC(C)C)c(OC)cc(=O)n3CC2)c1. The lowest BCUT2D eigenvalue weighted by Gasteiger charge is -2.20. The number of nitrogens with zero attached hydrogens (tertiary/aromatic N) is 2. The first-order valence-corrected chi connectivity index (χ1v) is 10.8. The molecule has 0 fully saturated rings. The molecule has 2 aromatic rings. The van der Waals surface area contributed by atoms with Crippen LogP contribution >= 0.6 is 0 Å². The maximum Gasteiger partial charge on any atom is 0.256 e. The van der Waals surface area contributed by atoms with E-state index in [4.69, 9.17) is 11.2 Å². The van der Waals surface area contributed by atoms with Crippen LogP contribution in [0.15, 0.2) is 35.1 Å². The Bertz CT molecular complexity index is 1110. The van der Waals surface area contributed by atoms with Gasteiger partial charge in [-0.3, -0.25) is 14.4 Å². The third kappa shape index (κ3) is 5.02. The van der Waals surface area contributed by atoms with Gasteiger partial charge in [-0.05, 0) is 30.5 Å². The molecule has 0 unspecified atom stereocenters. The van der Waals surface area contributed by atoms with Gasteiger partial charge in [0, 0.05) is 55.5 Å². The first-order valence-electron chi connectivity index (χ1n) is 10.8. The highest BCUT2D eigenvalue weighted by Crippen LogP contribution is 2.23. The third-order valence-electron chi connectivity index (χ3n) is 5.61. The molecule has 32 heavy (non-hydrogen) atoms. The van der Waals surface area contributed by atoms with Gasteiger partial charge in [-0.1, -0.05) is 25.8 Å². The van der Waals surface area contributed by atoms with Crippen molar-refractivity contribution in [2.24, 2.45) is 5.92 Å². The predicted molar refractivity (Wildman–Crippen MR) is 123 cm³/mol. The number of rotatable bonds is 6. The number of aromatic nitrogens is 1. The molecule has 3 rings (SSSR count). The number of terminal acetylenes is 1. The van der Waals surface area contributed by atoms with Crippen LogP contribution in [-0.2, 0) is 13.0 Å². The van der Waals surface area contributed by atoms with Gasteiger partial charge in [0.25, 0.3) is 17.4 Å². The lowest BCUT2D eigenvalue weighted by Crippen LogP contribution is -2.34. The van der Waals surface area contributed by atoms with E-state index in [-0.39, 0.29) is 23.1 Å². The molecule has 1 aliphatic heterocycles. The van der Waals surface area contributed by atoms with E-state index in [2.05, 4.69) is 25.1 Å². The first kappa shape index (κ1) is 23.1. The van der Waals surface area contributed by atoms with Crippen molar-refractivity contribution in [2.45, 2.75) is 33.2 Å². The summed E-state index contributed by atoms with van der Waals surface area (Å²) in [5.74, 6) is 2.83. The second-order valence-electron chi connectivity index (χ2n) is 8.23. The summed E-state index contributed by atoms with van der Waals surface area (Å²) in [5, 5.41) is 2.93. The Morgan fingerprint density at radius 3 is 2.69 bits per heavy atom. The molecular formula is C25H29N3O4. The normalized spacial score (nSPS) is 13.2. The second-order valence-corrected chi connectivity index (χ2v) is 8.23. The summed E-state index contributed by atoms with van der Waals surface area (Å²) in [6, 6.07) is 8.27. The van der Waals surface area contributed by atoms with Crippen molar-refractivity contribution in [3.05, 3.63) is 63.1 Å². The average molecular weight is 436 g/mol. The Balaban J connectivity index is 1.89. The van der Waals surface area contributed by atoms with E-state index in [0.29, 0.717) is 60.9 Å². The van der Waals surface area contributed by atoms with Gasteiger partial charge in [-0.2, -0.15) is 0 Å². The minimum atomic E-state index is -0.271. The maximum atomic E-state index is 13.1. The van der Waals surface area contributed by atoms with E-state index in [1.807, 2.05) is 0 Å². The van der Waals surface area contributed by atoms with E-state index in [1.54, 1.807) is 33.7 Å². The van der Waals surface area contributed by atoms with Gasteiger partial charge in [0.15, 0.2) is 0 Å². The Morgan fingerprint density at radius 2 is 2.00 bits per heavy atom. The van der Waals surface area contributed by atoms with Crippen molar-refractivity contribution >= 4 is 11.8 Å².